The van der Waals surface area contributed by atoms with Crippen molar-refractivity contribution in [2.75, 3.05) is 6.54 Å². The lowest BCUT2D eigenvalue weighted by Crippen LogP contribution is -2.46. The summed E-state index contributed by atoms with van der Waals surface area (Å²) in [7, 11) is 0. The van der Waals surface area contributed by atoms with Crippen molar-refractivity contribution < 1.29 is 14.4 Å². The Morgan fingerprint density at radius 1 is 0.880 bits per heavy atom. The van der Waals surface area contributed by atoms with E-state index in [1.54, 1.807) is 24.3 Å². The van der Waals surface area contributed by atoms with Gasteiger partial charge < -0.3 is 5.32 Å². The molecule has 0 bridgehead atoms. The van der Waals surface area contributed by atoms with Gasteiger partial charge in [-0.2, -0.15) is 0 Å². The van der Waals surface area contributed by atoms with Gasteiger partial charge in [0.15, 0.2) is 0 Å². The first-order valence-electron chi connectivity index (χ1n) is 8.03. The van der Waals surface area contributed by atoms with E-state index < -0.39 is 11.8 Å². The molecular formula is C19H21N3O3. The summed E-state index contributed by atoms with van der Waals surface area (Å²) in [6.07, 6.45) is 0.888. The zero-order valence-corrected chi connectivity index (χ0v) is 14.3. The van der Waals surface area contributed by atoms with E-state index in [0.29, 0.717) is 11.1 Å². The third-order valence-corrected chi connectivity index (χ3v) is 3.74. The molecule has 0 aliphatic carbocycles. The highest BCUT2D eigenvalue weighted by atomic mass is 16.2. The van der Waals surface area contributed by atoms with Gasteiger partial charge in [-0.1, -0.05) is 37.3 Å². The summed E-state index contributed by atoms with van der Waals surface area (Å²) in [5.41, 5.74) is 7.50. The normalized spacial score (nSPS) is 10.0. The number of carbonyl (C=O) groups is 3. The van der Waals surface area contributed by atoms with Crippen LogP contribution >= 0.6 is 0 Å². The Balaban J connectivity index is 1.79. The molecule has 0 unspecified atom stereocenters. The molecule has 0 radical (unpaired) electrons. The maximum Gasteiger partial charge on any atom is 0.269 e. The Hall–Kier alpha value is -3.15. The predicted octanol–water partition coefficient (Wildman–Crippen LogP) is 1.75. The molecule has 0 aliphatic heterocycles. The molecule has 0 saturated heterocycles. The maximum atomic E-state index is 12.0. The quantitative estimate of drug-likeness (QED) is 0.725. The SMILES string of the molecule is CCc1ccc(C(=O)NNC(=O)CNC(=O)c2ccccc2C)cc1. The molecule has 6 heteroatoms. The molecule has 25 heavy (non-hydrogen) atoms. The molecule has 3 amide bonds. The topological polar surface area (TPSA) is 87.3 Å². The summed E-state index contributed by atoms with van der Waals surface area (Å²) in [6, 6.07) is 14.2. The minimum atomic E-state index is -0.513. The molecule has 0 fully saturated rings. The van der Waals surface area contributed by atoms with Crippen LogP contribution in [0, 0.1) is 6.92 Å². The van der Waals surface area contributed by atoms with Gasteiger partial charge in [-0.15, -0.1) is 0 Å². The monoisotopic (exact) mass is 339 g/mol. The minimum Gasteiger partial charge on any atom is -0.343 e. The van der Waals surface area contributed by atoms with Gasteiger partial charge in [0.2, 0.25) is 0 Å². The number of hydrazine groups is 1. The fraction of sp³-hybridized carbons (Fsp3) is 0.211. The van der Waals surface area contributed by atoms with E-state index in [-0.39, 0.29) is 12.5 Å². The summed E-state index contributed by atoms with van der Waals surface area (Å²) < 4.78 is 0. The highest BCUT2D eigenvalue weighted by molar-refractivity contribution is 5.98. The summed E-state index contributed by atoms with van der Waals surface area (Å²) in [5.74, 6) is -1.27. The van der Waals surface area contributed by atoms with Crippen LogP contribution in [0.4, 0.5) is 0 Å². The minimum absolute atomic E-state index is 0.234. The summed E-state index contributed by atoms with van der Waals surface area (Å²) in [6.45, 7) is 3.61. The zero-order valence-electron chi connectivity index (χ0n) is 14.3. The molecule has 3 N–H and O–H groups in total. The van der Waals surface area contributed by atoms with Crippen LogP contribution in [0.15, 0.2) is 48.5 Å². The molecule has 2 aromatic carbocycles. The molecule has 0 heterocycles. The second-order valence-electron chi connectivity index (χ2n) is 5.55. The maximum absolute atomic E-state index is 12.0. The van der Waals surface area contributed by atoms with Gasteiger partial charge in [0, 0.05) is 11.1 Å². The van der Waals surface area contributed by atoms with Gasteiger partial charge in [-0.25, -0.2) is 0 Å². The van der Waals surface area contributed by atoms with Crippen molar-refractivity contribution in [3.05, 3.63) is 70.8 Å². The van der Waals surface area contributed by atoms with Gasteiger partial charge in [-0.05, 0) is 42.7 Å². The fourth-order valence-electron chi connectivity index (χ4n) is 2.22. The lowest BCUT2D eigenvalue weighted by molar-refractivity contribution is -0.120. The number of amides is 3. The zero-order chi connectivity index (χ0) is 18.2. The predicted molar refractivity (Wildman–Crippen MR) is 94.9 cm³/mol. The van der Waals surface area contributed by atoms with E-state index in [9.17, 15) is 14.4 Å². The number of hydrogen-bond donors (Lipinski definition) is 3. The van der Waals surface area contributed by atoms with E-state index >= 15 is 0 Å². The van der Waals surface area contributed by atoms with E-state index in [1.165, 1.54) is 0 Å². The van der Waals surface area contributed by atoms with Crippen LogP contribution in [0.2, 0.25) is 0 Å². The third kappa shape index (κ3) is 5.17. The van der Waals surface area contributed by atoms with Crippen LogP contribution in [0.25, 0.3) is 0 Å². The largest absolute Gasteiger partial charge is 0.343 e. The molecule has 0 aliphatic rings. The third-order valence-electron chi connectivity index (χ3n) is 3.74. The lowest BCUT2D eigenvalue weighted by atomic mass is 10.1. The number of hydrogen-bond acceptors (Lipinski definition) is 3. The molecule has 0 aromatic heterocycles. The standard InChI is InChI=1S/C19H21N3O3/c1-3-14-8-10-15(11-9-14)18(24)22-21-17(23)12-20-19(25)16-7-5-4-6-13(16)2/h4-11H,3,12H2,1-2H3,(H,20,25)(H,21,23)(H,22,24). The van der Waals surface area contributed by atoms with Crippen LogP contribution in [0.3, 0.4) is 0 Å². The van der Waals surface area contributed by atoms with Crippen molar-refractivity contribution in [2.24, 2.45) is 0 Å². The molecule has 2 rings (SSSR count). The van der Waals surface area contributed by atoms with Crippen molar-refractivity contribution in [2.45, 2.75) is 20.3 Å². The molecule has 6 nitrogen and oxygen atoms in total. The van der Waals surface area contributed by atoms with Gasteiger partial charge in [0.25, 0.3) is 17.7 Å². The average molecular weight is 339 g/mol. The molecular weight excluding hydrogens is 318 g/mol. The Morgan fingerprint density at radius 3 is 2.20 bits per heavy atom. The van der Waals surface area contributed by atoms with Crippen LogP contribution < -0.4 is 16.2 Å². The first-order chi connectivity index (χ1) is 12.0. The van der Waals surface area contributed by atoms with Crippen molar-refractivity contribution in [3.8, 4) is 0 Å². The average Bonchev–Trinajstić information content (AvgIpc) is 2.64. The highest BCUT2D eigenvalue weighted by Gasteiger charge is 2.11. The number of rotatable bonds is 5. The number of carbonyl (C=O) groups excluding carboxylic acids is 3. The molecule has 2 aromatic rings. The van der Waals surface area contributed by atoms with Gasteiger partial charge >= 0.3 is 0 Å². The highest BCUT2D eigenvalue weighted by Crippen LogP contribution is 2.06. The lowest BCUT2D eigenvalue weighted by Gasteiger charge is -2.09. The fourth-order valence-corrected chi connectivity index (χ4v) is 2.22. The molecule has 0 atom stereocenters. The summed E-state index contributed by atoms with van der Waals surface area (Å²) in [4.78, 5) is 35.7. The van der Waals surface area contributed by atoms with Gasteiger partial charge in [0.1, 0.15) is 0 Å². The van der Waals surface area contributed by atoms with Crippen LogP contribution in [0.1, 0.15) is 38.8 Å². The number of nitrogens with one attached hydrogen (secondary N) is 3. The first-order valence-corrected chi connectivity index (χ1v) is 8.03. The number of aryl methyl sites for hydroxylation is 2. The van der Waals surface area contributed by atoms with Crippen molar-refractivity contribution in [1.82, 2.24) is 16.2 Å². The first kappa shape index (κ1) is 18.2. The van der Waals surface area contributed by atoms with Crippen molar-refractivity contribution in [3.63, 3.8) is 0 Å². The molecule has 130 valence electrons. The summed E-state index contributed by atoms with van der Waals surface area (Å²) >= 11 is 0. The van der Waals surface area contributed by atoms with E-state index in [1.807, 2.05) is 38.1 Å². The van der Waals surface area contributed by atoms with E-state index in [2.05, 4.69) is 16.2 Å². The second kappa shape index (κ2) is 8.63. The Labute approximate surface area is 146 Å². The smallest absolute Gasteiger partial charge is 0.269 e. The Bertz CT molecular complexity index is 770. The van der Waals surface area contributed by atoms with E-state index in [4.69, 9.17) is 0 Å². The van der Waals surface area contributed by atoms with E-state index in [0.717, 1.165) is 17.5 Å². The molecule has 0 saturated carbocycles. The van der Waals surface area contributed by atoms with Crippen LogP contribution in [-0.4, -0.2) is 24.3 Å². The number of benzene rings is 2. The van der Waals surface area contributed by atoms with Crippen LogP contribution in [-0.2, 0) is 11.2 Å². The second-order valence-corrected chi connectivity index (χ2v) is 5.55. The molecule has 0 spiro atoms. The van der Waals surface area contributed by atoms with Crippen molar-refractivity contribution >= 4 is 17.7 Å². The summed E-state index contributed by atoms with van der Waals surface area (Å²) in [5, 5.41) is 2.52. The van der Waals surface area contributed by atoms with Gasteiger partial charge in [0.05, 0.1) is 6.54 Å². The Morgan fingerprint density at radius 2 is 1.56 bits per heavy atom. The van der Waals surface area contributed by atoms with Crippen LogP contribution in [0.5, 0.6) is 0 Å². The van der Waals surface area contributed by atoms with Crippen molar-refractivity contribution in [1.29, 1.82) is 0 Å². The Kier molecular flexibility index (Phi) is 6.28. The van der Waals surface area contributed by atoms with Gasteiger partial charge in [-0.3, -0.25) is 25.2 Å².